The van der Waals surface area contributed by atoms with E-state index in [0.717, 1.165) is 0 Å². The van der Waals surface area contributed by atoms with Gasteiger partial charge in [0.15, 0.2) is 5.82 Å². The molecule has 0 fully saturated rings. The number of nitrogens with zero attached hydrogens (tertiary/aromatic N) is 2. The summed E-state index contributed by atoms with van der Waals surface area (Å²) in [6, 6.07) is -0.0222. The van der Waals surface area contributed by atoms with Crippen LogP contribution in [-0.4, -0.2) is 16.0 Å². The number of H-pyrrole nitrogens is 1. The Morgan fingerprint density at radius 1 is 1.43 bits per heavy atom. The molecule has 78 valence electrons. The summed E-state index contributed by atoms with van der Waals surface area (Å²) in [5.41, 5.74) is 10.4. The predicted octanol–water partition coefficient (Wildman–Crippen LogP) is -0.977. The van der Waals surface area contributed by atoms with Crippen LogP contribution in [0.25, 0.3) is 0 Å². The summed E-state index contributed by atoms with van der Waals surface area (Å²) in [7, 11) is 0. The zero-order valence-corrected chi connectivity index (χ0v) is 8.11. The van der Waals surface area contributed by atoms with Crippen molar-refractivity contribution in [3.05, 3.63) is 10.4 Å². The third-order valence-electron chi connectivity index (χ3n) is 1.75. The van der Waals surface area contributed by atoms with Crippen molar-refractivity contribution in [3.8, 4) is 0 Å². The maximum absolute atomic E-state index is 11.2. The molecule has 0 spiro atoms. The Kier molecular flexibility index (Phi) is 2.61. The summed E-state index contributed by atoms with van der Waals surface area (Å²) < 4.78 is 0. The molecule has 0 bridgehead atoms. The number of nitrogen functional groups attached to an aromatic ring is 2. The Hall–Kier alpha value is -1.76. The van der Waals surface area contributed by atoms with Gasteiger partial charge in [0.2, 0.25) is 5.95 Å². The number of hydrogen-bond donors (Lipinski definition) is 4. The molecule has 0 aliphatic carbocycles. The molecule has 0 aromatic carbocycles. The standard InChI is InChI=1S/C7H14N6O/c1-3(2)13(10)5-4(8)6(14)12-7(9)11-5/h3H,8,10H2,1-2H3,(H3,9,11,12,14). The molecule has 0 saturated heterocycles. The smallest absolute Gasteiger partial charge is 0.277 e. The van der Waals surface area contributed by atoms with E-state index in [4.69, 9.17) is 17.3 Å². The third-order valence-corrected chi connectivity index (χ3v) is 1.75. The van der Waals surface area contributed by atoms with Crippen molar-refractivity contribution in [2.75, 3.05) is 16.5 Å². The van der Waals surface area contributed by atoms with Gasteiger partial charge in [-0.3, -0.25) is 14.8 Å². The second-order valence-electron chi connectivity index (χ2n) is 3.19. The van der Waals surface area contributed by atoms with Crippen molar-refractivity contribution < 1.29 is 0 Å². The maximum Gasteiger partial charge on any atom is 0.277 e. The maximum atomic E-state index is 11.2. The molecule has 0 atom stereocenters. The molecule has 0 radical (unpaired) electrons. The lowest BCUT2D eigenvalue weighted by atomic mass is 10.3. The highest BCUT2D eigenvalue weighted by atomic mass is 16.1. The minimum atomic E-state index is -0.483. The molecule has 1 rings (SSSR count). The quantitative estimate of drug-likeness (QED) is 0.357. The first-order valence-electron chi connectivity index (χ1n) is 4.12. The highest BCUT2D eigenvalue weighted by Crippen LogP contribution is 2.15. The third kappa shape index (κ3) is 1.77. The number of aromatic amines is 1. The number of rotatable bonds is 2. The normalized spacial score (nSPS) is 10.6. The summed E-state index contributed by atoms with van der Waals surface area (Å²) in [6.45, 7) is 3.69. The molecule has 0 amide bonds. The summed E-state index contributed by atoms with van der Waals surface area (Å²) >= 11 is 0. The van der Waals surface area contributed by atoms with Crippen molar-refractivity contribution in [1.82, 2.24) is 9.97 Å². The van der Waals surface area contributed by atoms with Gasteiger partial charge in [0.1, 0.15) is 5.69 Å². The van der Waals surface area contributed by atoms with E-state index < -0.39 is 5.56 Å². The van der Waals surface area contributed by atoms with E-state index >= 15 is 0 Å². The Balaban J connectivity index is 3.27. The molecule has 0 aliphatic heterocycles. The Labute approximate surface area is 80.9 Å². The van der Waals surface area contributed by atoms with Crippen LogP contribution >= 0.6 is 0 Å². The van der Waals surface area contributed by atoms with Gasteiger partial charge in [0.25, 0.3) is 5.56 Å². The Morgan fingerprint density at radius 3 is 2.50 bits per heavy atom. The van der Waals surface area contributed by atoms with Crippen LogP contribution in [0.2, 0.25) is 0 Å². The van der Waals surface area contributed by atoms with Crippen LogP contribution in [0.1, 0.15) is 13.8 Å². The van der Waals surface area contributed by atoms with Crippen molar-refractivity contribution >= 4 is 17.5 Å². The lowest BCUT2D eigenvalue weighted by Crippen LogP contribution is -2.40. The lowest BCUT2D eigenvalue weighted by Gasteiger charge is -2.22. The lowest BCUT2D eigenvalue weighted by molar-refractivity contribution is 0.700. The SMILES string of the molecule is CC(C)N(N)c1nc(N)[nH]c(=O)c1N. The Bertz CT molecular complexity index is 384. The zero-order valence-electron chi connectivity index (χ0n) is 8.11. The largest absolute Gasteiger partial charge is 0.391 e. The van der Waals surface area contributed by atoms with Gasteiger partial charge in [-0.2, -0.15) is 4.98 Å². The Morgan fingerprint density at radius 2 is 2.00 bits per heavy atom. The van der Waals surface area contributed by atoms with E-state index in [1.807, 2.05) is 13.8 Å². The molecule has 0 unspecified atom stereocenters. The first-order chi connectivity index (χ1) is 6.43. The topological polar surface area (TPSA) is 127 Å². The molecule has 1 aromatic rings. The van der Waals surface area contributed by atoms with E-state index in [2.05, 4.69) is 9.97 Å². The number of nitrogens with two attached hydrogens (primary N) is 3. The number of hydrazine groups is 1. The van der Waals surface area contributed by atoms with Gasteiger partial charge in [-0.05, 0) is 13.8 Å². The highest BCUT2D eigenvalue weighted by Gasteiger charge is 2.14. The fraction of sp³-hybridized carbons (Fsp3) is 0.429. The van der Waals surface area contributed by atoms with Crippen LogP contribution in [0, 0.1) is 0 Å². The number of nitrogens with one attached hydrogen (secondary N) is 1. The second kappa shape index (κ2) is 3.54. The molecule has 7 nitrogen and oxygen atoms in total. The van der Waals surface area contributed by atoms with Gasteiger partial charge in [0, 0.05) is 6.04 Å². The first-order valence-corrected chi connectivity index (χ1v) is 4.12. The first kappa shape index (κ1) is 10.3. The monoisotopic (exact) mass is 198 g/mol. The van der Waals surface area contributed by atoms with Crippen molar-refractivity contribution in [2.24, 2.45) is 5.84 Å². The van der Waals surface area contributed by atoms with Gasteiger partial charge in [0.05, 0.1) is 0 Å². The molecule has 14 heavy (non-hydrogen) atoms. The average molecular weight is 198 g/mol. The van der Waals surface area contributed by atoms with Gasteiger partial charge >= 0.3 is 0 Å². The van der Waals surface area contributed by atoms with E-state index in [0.29, 0.717) is 0 Å². The fourth-order valence-electron chi connectivity index (χ4n) is 0.929. The molecule has 1 aromatic heterocycles. The molecule has 7 N–H and O–H groups in total. The zero-order chi connectivity index (χ0) is 10.9. The minimum Gasteiger partial charge on any atom is -0.391 e. The second-order valence-corrected chi connectivity index (χ2v) is 3.19. The number of anilines is 3. The molecule has 0 saturated carbocycles. The summed E-state index contributed by atoms with van der Waals surface area (Å²) in [5.74, 6) is 5.85. The number of aromatic nitrogens is 2. The van der Waals surface area contributed by atoms with E-state index in [9.17, 15) is 4.79 Å². The van der Waals surface area contributed by atoms with Crippen LogP contribution in [0.5, 0.6) is 0 Å². The van der Waals surface area contributed by atoms with E-state index in [1.165, 1.54) is 5.01 Å². The van der Waals surface area contributed by atoms with Gasteiger partial charge in [-0.15, -0.1) is 0 Å². The summed E-state index contributed by atoms with van der Waals surface area (Å²) in [4.78, 5) is 17.3. The van der Waals surface area contributed by atoms with E-state index in [-0.39, 0.29) is 23.5 Å². The van der Waals surface area contributed by atoms with E-state index in [1.54, 1.807) is 0 Å². The minimum absolute atomic E-state index is 0.00435. The van der Waals surface area contributed by atoms with Crippen LogP contribution in [0.3, 0.4) is 0 Å². The van der Waals surface area contributed by atoms with Crippen molar-refractivity contribution in [2.45, 2.75) is 19.9 Å². The molecule has 0 aliphatic rings. The fourth-order valence-corrected chi connectivity index (χ4v) is 0.929. The highest BCUT2D eigenvalue weighted by molar-refractivity contribution is 5.62. The van der Waals surface area contributed by atoms with Crippen molar-refractivity contribution in [3.63, 3.8) is 0 Å². The average Bonchev–Trinajstić information content (AvgIpc) is 2.09. The molecular weight excluding hydrogens is 184 g/mol. The summed E-state index contributed by atoms with van der Waals surface area (Å²) in [5, 5.41) is 1.29. The van der Waals surface area contributed by atoms with Gasteiger partial charge < -0.3 is 11.5 Å². The van der Waals surface area contributed by atoms with Crippen LogP contribution < -0.4 is 27.9 Å². The van der Waals surface area contributed by atoms with Crippen LogP contribution in [0.4, 0.5) is 17.5 Å². The molecule has 7 heteroatoms. The predicted molar refractivity (Wildman–Crippen MR) is 55.5 cm³/mol. The molecular formula is C7H14N6O. The van der Waals surface area contributed by atoms with Crippen molar-refractivity contribution in [1.29, 1.82) is 0 Å². The van der Waals surface area contributed by atoms with Gasteiger partial charge in [-0.1, -0.05) is 0 Å². The summed E-state index contributed by atoms with van der Waals surface area (Å²) in [6.07, 6.45) is 0. The molecule has 1 heterocycles. The van der Waals surface area contributed by atoms with Gasteiger partial charge in [-0.25, -0.2) is 5.84 Å². The number of hydrogen-bond acceptors (Lipinski definition) is 6. The van der Waals surface area contributed by atoms with Crippen LogP contribution in [-0.2, 0) is 0 Å². The van der Waals surface area contributed by atoms with Crippen LogP contribution in [0.15, 0.2) is 4.79 Å².